The first kappa shape index (κ1) is 9.13. The third kappa shape index (κ3) is 1.74. The van der Waals surface area contributed by atoms with Crippen LogP contribution in [0.5, 0.6) is 0 Å². The summed E-state index contributed by atoms with van der Waals surface area (Å²) in [6.45, 7) is 0. The number of benzene rings is 1. The Hall–Kier alpha value is -1.44. The van der Waals surface area contributed by atoms with Gasteiger partial charge >= 0.3 is 0 Å². The van der Waals surface area contributed by atoms with E-state index < -0.39 is 0 Å². The monoisotopic (exact) mass is 188 g/mol. The van der Waals surface area contributed by atoms with Gasteiger partial charge in [0.2, 0.25) is 0 Å². The van der Waals surface area contributed by atoms with Gasteiger partial charge < -0.3 is 11.5 Å². The lowest BCUT2D eigenvalue weighted by molar-refractivity contribution is 0.632. The highest BCUT2D eigenvalue weighted by Crippen LogP contribution is 2.27. The highest BCUT2D eigenvalue weighted by Gasteiger charge is 2.13. The zero-order valence-corrected chi connectivity index (χ0v) is 8.24. The van der Waals surface area contributed by atoms with Gasteiger partial charge in [-0.05, 0) is 42.9 Å². The number of nitrogens with two attached hydrogens (primary N) is 2. The molecule has 0 fully saturated rings. The number of anilines is 2. The van der Waals surface area contributed by atoms with Crippen LogP contribution in [0, 0.1) is 5.92 Å². The van der Waals surface area contributed by atoms with Crippen LogP contribution in [-0.4, -0.2) is 0 Å². The molecule has 2 rings (SSSR count). The van der Waals surface area contributed by atoms with E-state index in [0.717, 1.165) is 23.4 Å². The lowest BCUT2D eigenvalue weighted by Crippen LogP contribution is -2.05. The van der Waals surface area contributed by atoms with E-state index in [4.69, 9.17) is 11.5 Å². The standard InChI is InChI=1S/C12H16N2/c13-11-6-3-7-12(14)10(11)8-9-4-1-2-5-9/h1,3-4,6-7,9H,2,5,8,13-14H2. The summed E-state index contributed by atoms with van der Waals surface area (Å²) in [5.41, 5.74) is 14.6. The van der Waals surface area contributed by atoms with Crippen LogP contribution in [0.25, 0.3) is 0 Å². The Morgan fingerprint density at radius 1 is 1.21 bits per heavy atom. The zero-order chi connectivity index (χ0) is 9.97. The molecule has 1 unspecified atom stereocenters. The fraction of sp³-hybridized carbons (Fsp3) is 0.333. The van der Waals surface area contributed by atoms with Gasteiger partial charge in [0.15, 0.2) is 0 Å². The van der Waals surface area contributed by atoms with Crippen LogP contribution in [-0.2, 0) is 6.42 Å². The van der Waals surface area contributed by atoms with Crippen molar-refractivity contribution in [3.63, 3.8) is 0 Å². The molecule has 1 aliphatic carbocycles. The molecule has 1 aromatic rings. The molecular formula is C12H16N2. The molecule has 2 heteroatoms. The van der Waals surface area contributed by atoms with Crippen molar-refractivity contribution in [2.75, 3.05) is 11.5 Å². The van der Waals surface area contributed by atoms with Gasteiger partial charge in [-0.3, -0.25) is 0 Å². The second-order valence-corrected chi connectivity index (χ2v) is 3.88. The lowest BCUT2D eigenvalue weighted by atomic mass is 9.96. The van der Waals surface area contributed by atoms with Crippen molar-refractivity contribution < 1.29 is 0 Å². The summed E-state index contributed by atoms with van der Waals surface area (Å²) < 4.78 is 0. The van der Waals surface area contributed by atoms with Crippen molar-refractivity contribution in [3.8, 4) is 0 Å². The predicted molar refractivity (Wildman–Crippen MR) is 60.8 cm³/mol. The van der Waals surface area contributed by atoms with Crippen LogP contribution in [0.2, 0.25) is 0 Å². The molecule has 1 atom stereocenters. The molecule has 0 aliphatic heterocycles. The number of rotatable bonds is 2. The molecular weight excluding hydrogens is 172 g/mol. The molecule has 14 heavy (non-hydrogen) atoms. The van der Waals surface area contributed by atoms with Crippen molar-refractivity contribution >= 4 is 11.4 Å². The number of allylic oxidation sites excluding steroid dienone is 2. The van der Waals surface area contributed by atoms with Gasteiger partial charge in [0, 0.05) is 11.4 Å². The Labute approximate surface area is 84.6 Å². The highest BCUT2D eigenvalue weighted by atomic mass is 14.6. The third-order valence-electron chi connectivity index (χ3n) is 2.83. The SMILES string of the molecule is Nc1cccc(N)c1CC1C=CCC1. The molecule has 74 valence electrons. The van der Waals surface area contributed by atoms with Gasteiger partial charge in [-0.25, -0.2) is 0 Å². The van der Waals surface area contributed by atoms with E-state index in [1.807, 2.05) is 18.2 Å². The molecule has 1 aliphatic rings. The van der Waals surface area contributed by atoms with Crippen molar-refractivity contribution in [1.82, 2.24) is 0 Å². The van der Waals surface area contributed by atoms with E-state index in [1.165, 1.54) is 12.8 Å². The minimum absolute atomic E-state index is 0.627. The number of hydrogen-bond acceptors (Lipinski definition) is 2. The highest BCUT2D eigenvalue weighted by molar-refractivity contribution is 5.61. The van der Waals surface area contributed by atoms with E-state index in [1.54, 1.807) is 0 Å². The summed E-state index contributed by atoms with van der Waals surface area (Å²) >= 11 is 0. The minimum Gasteiger partial charge on any atom is -0.398 e. The second-order valence-electron chi connectivity index (χ2n) is 3.88. The summed E-state index contributed by atoms with van der Waals surface area (Å²) in [7, 11) is 0. The first-order valence-corrected chi connectivity index (χ1v) is 5.07. The zero-order valence-electron chi connectivity index (χ0n) is 8.24. The largest absolute Gasteiger partial charge is 0.398 e. The second kappa shape index (κ2) is 3.74. The van der Waals surface area contributed by atoms with E-state index in [0.29, 0.717) is 5.92 Å². The Bertz CT molecular complexity index is 335. The van der Waals surface area contributed by atoms with Gasteiger partial charge in [-0.1, -0.05) is 18.2 Å². The maximum absolute atomic E-state index is 5.90. The predicted octanol–water partition coefficient (Wildman–Crippen LogP) is 2.36. The number of nitrogen functional groups attached to an aromatic ring is 2. The first-order chi connectivity index (χ1) is 6.77. The Morgan fingerprint density at radius 2 is 1.93 bits per heavy atom. The lowest BCUT2D eigenvalue weighted by Gasteiger charge is -2.12. The molecule has 0 heterocycles. The molecule has 1 aromatic carbocycles. The molecule has 0 amide bonds. The summed E-state index contributed by atoms with van der Waals surface area (Å²) in [4.78, 5) is 0. The third-order valence-corrected chi connectivity index (χ3v) is 2.83. The van der Waals surface area contributed by atoms with Crippen molar-refractivity contribution in [3.05, 3.63) is 35.9 Å². The minimum atomic E-state index is 0.627. The van der Waals surface area contributed by atoms with Crippen LogP contribution in [0.15, 0.2) is 30.4 Å². The summed E-state index contributed by atoms with van der Waals surface area (Å²) in [6.07, 6.45) is 7.91. The van der Waals surface area contributed by atoms with Crippen LogP contribution >= 0.6 is 0 Å². The molecule has 0 saturated heterocycles. The molecule has 0 spiro atoms. The van der Waals surface area contributed by atoms with Crippen molar-refractivity contribution in [2.24, 2.45) is 5.92 Å². The van der Waals surface area contributed by atoms with Crippen LogP contribution in [0.3, 0.4) is 0 Å². The fourth-order valence-corrected chi connectivity index (χ4v) is 1.99. The summed E-state index contributed by atoms with van der Waals surface area (Å²) in [5.74, 6) is 0.627. The molecule has 4 N–H and O–H groups in total. The van der Waals surface area contributed by atoms with Crippen LogP contribution in [0.1, 0.15) is 18.4 Å². The van der Waals surface area contributed by atoms with Crippen molar-refractivity contribution in [1.29, 1.82) is 0 Å². The van der Waals surface area contributed by atoms with Crippen LogP contribution < -0.4 is 11.5 Å². The quantitative estimate of drug-likeness (QED) is 0.553. The van der Waals surface area contributed by atoms with Crippen LogP contribution in [0.4, 0.5) is 11.4 Å². The smallest absolute Gasteiger partial charge is 0.0367 e. The molecule has 0 aromatic heterocycles. The summed E-state index contributed by atoms with van der Waals surface area (Å²) in [5, 5.41) is 0. The molecule has 2 nitrogen and oxygen atoms in total. The Kier molecular flexibility index (Phi) is 2.44. The maximum Gasteiger partial charge on any atom is 0.0367 e. The average Bonchev–Trinajstić information content (AvgIpc) is 2.64. The van der Waals surface area contributed by atoms with Crippen molar-refractivity contribution in [2.45, 2.75) is 19.3 Å². The maximum atomic E-state index is 5.90. The van der Waals surface area contributed by atoms with Gasteiger partial charge in [0.25, 0.3) is 0 Å². The number of hydrogen-bond donors (Lipinski definition) is 2. The van der Waals surface area contributed by atoms with E-state index in [-0.39, 0.29) is 0 Å². The summed E-state index contributed by atoms with van der Waals surface area (Å²) in [6, 6.07) is 5.74. The normalized spacial score (nSPS) is 20.1. The van der Waals surface area contributed by atoms with E-state index >= 15 is 0 Å². The van der Waals surface area contributed by atoms with E-state index in [2.05, 4.69) is 12.2 Å². The van der Waals surface area contributed by atoms with Gasteiger partial charge in [0.1, 0.15) is 0 Å². The molecule has 0 radical (unpaired) electrons. The van der Waals surface area contributed by atoms with Gasteiger partial charge in [0.05, 0.1) is 0 Å². The molecule has 0 saturated carbocycles. The van der Waals surface area contributed by atoms with E-state index in [9.17, 15) is 0 Å². The first-order valence-electron chi connectivity index (χ1n) is 5.07. The fourth-order valence-electron chi connectivity index (χ4n) is 1.99. The average molecular weight is 188 g/mol. The Balaban J connectivity index is 2.19. The topological polar surface area (TPSA) is 52.0 Å². The Morgan fingerprint density at radius 3 is 2.50 bits per heavy atom. The van der Waals surface area contributed by atoms with Gasteiger partial charge in [-0.15, -0.1) is 0 Å². The molecule has 0 bridgehead atoms. The van der Waals surface area contributed by atoms with Gasteiger partial charge in [-0.2, -0.15) is 0 Å².